The normalized spacial score (nSPS) is 18.7. The summed E-state index contributed by atoms with van der Waals surface area (Å²) in [6, 6.07) is 10.7. The number of alkyl halides is 3. The van der Waals surface area contributed by atoms with Gasteiger partial charge >= 0.3 is 12.2 Å². The second-order valence-corrected chi connectivity index (χ2v) is 9.46. The predicted octanol–water partition coefficient (Wildman–Crippen LogP) is 4.40. The molecule has 7 nitrogen and oxygen atoms in total. The van der Waals surface area contributed by atoms with Crippen LogP contribution in [0.2, 0.25) is 0 Å². The zero-order valence-corrected chi connectivity index (χ0v) is 20.8. The highest BCUT2D eigenvalue weighted by atomic mass is 19.4. The molecule has 0 aliphatic carbocycles. The first-order valence-electron chi connectivity index (χ1n) is 12.1. The van der Waals surface area contributed by atoms with E-state index in [1.54, 1.807) is 37.3 Å². The van der Waals surface area contributed by atoms with Crippen LogP contribution < -0.4 is 10.6 Å². The van der Waals surface area contributed by atoms with Gasteiger partial charge in [-0.3, -0.25) is 14.5 Å². The summed E-state index contributed by atoms with van der Waals surface area (Å²) >= 11 is 0. The number of urea groups is 1. The number of carbonyl (C=O) groups is 3. The summed E-state index contributed by atoms with van der Waals surface area (Å²) < 4.78 is 41.6. The van der Waals surface area contributed by atoms with E-state index >= 15 is 0 Å². The van der Waals surface area contributed by atoms with E-state index in [1.165, 1.54) is 28.0 Å². The van der Waals surface area contributed by atoms with Crippen molar-refractivity contribution in [2.24, 2.45) is 5.92 Å². The number of likely N-dealkylation sites (N-methyl/N-ethyl adjacent to an activating group) is 1. The lowest BCUT2D eigenvalue weighted by molar-refractivity contribution is -0.138. The van der Waals surface area contributed by atoms with Crippen molar-refractivity contribution < 1.29 is 27.6 Å². The van der Waals surface area contributed by atoms with Crippen LogP contribution in [-0.2, 0) is 15.8 Å². The summed E-state index contributed by atoms with van der Waals surface area (Å²) in [4.78, 5) is 43.0. The number of amides is 4. The van der Waals surface area contributed by atoms with Crippen LogP contribution in [0.15, 0.2) is 65.9 Å². The van der Waals surface area contributed by atoms with Gasteiger partial charge in [-0.2, -0.15) is 13.2 Å². The van der Waals surface area contributed by atoms with Crippen molar-refractivity contribution in [2.45, 2.75) is 39.0 Å². The van der Waals surface area contributed by atoms with Gasteiger partial charge in [0.2, 0.25) is 5.91 Å². The molecule has 196 valence electrons. The number of rotatable bonds is 7. The molecule has 4 rings (SSSR count). The van der Waals surface area contributed by atoms with E-state index in [0.29, 0.717) is 17.8 Å². The molecule has 0 bridgehead atoms. The predicted molar refractivity (Wildman–Crippen MR) is 131 cm³/mol. The zero-order valence-electron chi connectivity index (χ0n) is 20.8. The molecule has 4 amide bonds. The lowest BCUT2D eigenvalue weighted by Gasteiger charge is -2.33. The highest BCUT2D eigenvalue weighted by Gasteiger charge is 2.48. The van der Waals surface area contributed by atoms with Crippen LogP contribution in [0.25, 0.3) is 0 Å². The number of benzene rings is 2. The molecule has 2 aromatic carbocycles. The van der Waals surface area contributed by atoms with Crippen LogP contribution in [0, 0.1) is 5.92 Å². The van der Waals surface area contributed by atoms with E-state index in [2.05, 4.69) is 10.6 Å². The molecule has 10 heteroatoms. The molecular weight excluding hydrogens is 485 g/mol. The summed E-state index contributed by atoms with van der Waals surface area (Å²) in [6.45, 7) is 6.10. The summed E-state index contributed by atoms with van der Waals surface area (Å²) in [5.41, 5.74) is -0.252. The van der Waals surface area contributed by atoms with E-state index in [4.69, 9.17) is 0 Å². The van der Waals surface area contributed by atoms with Gasteiger partial charge in [0.1, 0.15) is 6.04 Å². The van der Waals surface area contributed by atoms with E-state index in [-0.39, 0.29) is 30.1 Å². The third-order valence-corrected chi connectivity index (χ3v) is 6.50. The largest absolute Gasteiger partial charge is 0.416 e. The van der Waals surface area contributed by atoms with Crippen molar-refractivity contribution in [1.29, 1.82) is 0 Å². The fraction of sp³-hybridized carbons (Fsp3) is 0.370. The molecule has 2 atom stereocenters. The number of nitrogens with one attached hydrogen (secondary N) is 2. The number of halogens is 3. The van der Waals surface area contributed by atoms with Gasteiger partial charge in [-0.05, 0) is 30.0 Å². The zero-order chi connectivity index (χ0) is 26.9. The molecule has 2 aliphatic rings. The highest BCUT2D eigenvalue weighted by Crippen LogP contribution is 2.43. The van der Waals surface area contributed by atoms with Crippen LogP contribution in [0.5, 0.6) is 0 Å². The summed E-state index contributed by atoms with van der Waals surface area (Å²) in [6.07, 6.45) is -4.69. The molecule has 2 heterocycles. The minimum Gasteiger partial charge on any atom is -0.354 e. The Labute approximate surface area is 213 Å². The molecule has 0 fully saturated rings. The molecule has 0 saturated carbocycles. The molecule has 37 heavy (non-hydrogen) atoms. The first-order valence-corrected chi connectivity index (χ1v) is 12.1. The van der Waals surface area contributed by atoms with Crippen LogP contribution in [0.1, 0.15) is 49.5 Å². The Morgan fingerprint density at radius 2 is 1.73 bits per heavy atom. The second kappa shape index (κ2) is 10.3. The standard InChI is InChI=1S/C27H29F3N4O3/c1-4-33-20-15-34(23(17-10-6-5-7-11-17)24(35)31-14-16(2)3)25(36)21(20)22(32-26(33)37)18-12-8-9-13-19(18)27(28,29)30/h5-13,16,22-23H,4,14-15H2,1-3H3,(H,31,35)(H,32,37)/t22-,23-/m0/s1. The number of nitrogens with zero attached hydrogens (tertiary/aromatic N) is 2. The third-order valence-electron chi connectivity index (χ3n) is 6.50. The van der Waals surface area contributed by atoms with Crippen LogP contribution in [0.4, 0.5) is 18.0 Å². The summed E-state index contributed by atoms with van der Waals surface area (Å²) in [7, 11) is 0. The quantitative estimate of drug-likeness (QED) is 0.575. The Morgan fingerprint density at radius 3 is 2.35 bits per heavy atom. The van der Waals surface area contributed by atoms with E-state index in [0.717, 1.165) is 6.07 Å². The topological polar surface area (TPSA) is 81.8 Å². The maximum atomic E-state index is 13.9. The summed E-state index contributed by atoms with van der Waals surface area (Å²) in [5.74, 6) is -0.826. The number of carbonyl (C=O) groups excluding carboxylic acids is 3. The molecular formula is C27H29F3N4O3. The molecule has 0 saturated heterocycles. The first kappa shape index (κ1) is 26.2. The molecule has 2 aliphatic heterocycles. The lowest BCUT2D eigenvalue weighted by atomic mass is 9.91. The molecule has 0 radical (unpaired) electrons. The molecule has 0 spiro atoms. The van der Waals surface area contributed by atoms with Gasteiger partial charge in [0.25, 0.3) is 5.91 Å². The van der Waals surface area contributed by atoms with E-state index in [9.17, 15) is 27.6 Å². The molecule has 2 aromatic rings. The molecule has 2 N–H and O–H groups in total. The minimum atomic E-state index is -4.69. The number of hydrogen-bond acceptors (Lipinski definition) is 3. The smallest absolute Gasteiger partial charge is 0.354 e. The Balaban J connectivity index is 1.80. The average molecular weight is 515 g/mol. The van der Waals surface area contributed by atoms with Gasteiger partial charge in [0.05, 0.1) is 29.4 Å². The Bertz CT molecular complexity index is 1230. The molecule has 0 aromatic heterocycles. The van der Waals surface area contributed by atoms with Crippen LogP contribution >= 0.6 is 0 Å². The first-order chi connectivity index (χ1) is 17.5. The van der Waals surface area contributed by atoms with Crippen molar-refractivity contribution in [3.05, 3.63) is 82.6 Å². The minimum absolute atomic E-state index is 0.0377. The second-order valence-electron chi connectivity index (χ2n) is 9.46. The monoisotopic (exact) mass is 514 g/mol. The van der Waals surface area contributed by atoms with Crippen molar-refractivity contribution in [1.82, 2.24) is 20.4 Å². The van der Waals surface area contributed by atoms with Gasteiger partial charge in [0.15, 0.2) is 0 Å². The molecule has 0 unspecified atom stereocenters. The van der Waals surface area contributed by atoms with E-state index < -0.39 is 41.7 Å². The van der Waals surface area contributed by atoms with Crippen LogP contribution in [0.3, 0.4) is 0 Å². The maximum absolute atomic E-state index is 13.9. The maximum Gasteiger partial charge on any atom is 0.416 e. The average Bonchev–Trinajstić information content (AvgIpc) is 3.19. The Kier molecular flexibility index (Phi) is 7.29. The van der Waals surface area contributed by atoms with Crippen molar-refractivity contribution in [2.75, 3.05) is 19.6 Å². The summed E-state index contributed by atoms with van der Waals surface area (Å²) in [5, 5.41) is 5.47. The van der Waals surface area contributed by atoms with Crippen molar-refractivity contribution in [3.63, 3.8) is 0 Å². The lowest BCUT2D eigenvalue weighted by Crippen LogP contribution is -2.47. The highest BCUT2D eigenvalue weighted by molar-refractivity contribution is 6.04. The Hall–Kier alpha value is -3.82. The van der Waals surface area contributed by atoms with Crippen molar-refractivity contribution in [3.8, 4) is 0 Å². The van der Waals surface area contributed by atoms with Gasteiger partial charge in [-0.25, -0.2) is 4.79 Å². The van der Waals surface area contributed by atoms with Crippen molar-refractivity contribution >= 4 is 17.8 Å². The number of hydrogen-bond donors (Lipinski definition) is 2. The third kappa shape index (κ3) is 5.05. The SMILES string of the molecule is CCN1C(=O)N[C@@H](c2ccccc2C(F)(F)F)C2=C1CN([C@H](C(=O)NCC(C)C)c1ccccc1)C2=O. The fourth-order valence-corrected chi connectivity index (χ4v) is 4.81. The van der Waals surface area contributed by atoms with Gasteiger partial charge in [-0.15, -0.1) is 0 Å². The van der Waals surface area contributed by atoms with Crippen LogP contribution in [-0.4, -0.2) is 47.3 Å². The van der Waals surface area contributed by atoms with E-state index in [1.807, 2.05) is 13.8 Å². The van der Waals surface area contributed by atoms with Gasteiger partial charge < -0.3 is 15.5 Å². The van der Waals surface area contributed by atoms with Gasteiger partial charge in [-0.1, -0.05) is 62.4 Å². The Morgan fingerprint density at radius 1 is 1.08 bits per heavy atom. The fourth-order valence-electron chi connectivity index (χ4n) is 4.81. The van der Waals surface area contributed by atoms with Gasteiger partial charge in [0, 0.05) is 13.1 Å².